The maximum atomic E-state index is 5.51. The smallest absolute Gasteiger partial charge is 0.156 e. The summed E-state index contributed by atoms with van der Waals surface area (Å²) >= 11 is 0. The molecule has 0 unspecified atom stereocenters. The van der Waals surface area contributed by atoms with Gasteiger partial charge in [0.2, 0.25) is 0 Å². The summed E-state index contributed by atoms with van der Waals surface area (Å²) in [4.78, 5) is 8.46. The number of aryl methyl sites for hydroxylation is 1. The number of nitrogens with two attached hydrogens (primary N) is 1. The molecule has 1 heterocycles. The van der Waals surface area contributed by atoms with Crippen LogP contribution < -0.4 is 5.73 Å². The number of hydrogen-bond donors (Lipinski definition) is 1. The Morgan fingerprint density at radius 1 is 1.50 bits per heavy atom. The summed E-state index contributed by atoms with van der Waals surface area (Å²) in [6, 6.07) is 0. The lowest BCUT2D eigenvalue weighted by molar-refractivity contribution is 0.859. The third-order valence-corrected chi connectivity index (χ3v) is 1.80. The molecule has 2 N–H and O–H groups in total. The van der Waals surface area contributed by atoms with Gasteiger partial charge in [-0.25, -0.2) is 9.98 Å². The lowest BCUT2D eigenvalue weighted by Gasteiger charge is -1.97. The fraction of sp³-hybridized carbons (Fsp3) is 0.600. The monoisotopic (exact) mass is 196 g/mol. The van der Waals surface area contributed by atoms with Crippen LogP contribution in [0.3, 0.4) is 0 Å². The predicted molar refractivity (Wildman–Crippen MR) is 61.0 cm³/mol. The van der Waals surface area contributed by atoms with Crippen molar-refractivity contribution in [3.63, 3.8) is 0 Å². The number of imidazole rings is 1. The van der Waals surface area contributed by atoms with Crippen molar-refractivity contribution in [1.82, 2.24) is 9.55 Å². The fourth-order valence-corrected chi connectivity index (χ4v) is 1.09. The first-order valence-corrected chi connectivity index (χ1v) is 4.91. The minimum atomic E-state index is 0.439. The van der Waals surface area contributed by atoms with Crippen LogP contribution >= 0.6 is 0 Å². The molecule has 0 aliphatic rings. The summed E-state index contributed by atoms with van der Waals surface area (Å²) in [6.07, 6.45) is 1.75. The maximum Gasteiger partial charge on any atom is 0.156 e. The van der Waals surface area contributed by atoms with Gasteiger partial charge in [0.25, 0.3) is 0 Å². The molecule has 14 heavy (non-hydrogen) atoms. The van der Waals surface area contributed by atoms with E-state index < -0.39 is 0 Å². The van der Waals surface area contributed by atoms with Crippen LogP contribution in [0, 0.1) is 6.92 Å². The minimum absolute atomic E-state index is 0.439. The summed E-state index contributed by atoms with van der Waals surface area (Å²) in [5.41, 5.74) is 6.37. The molecule has 1 rings (SSSR count). The zero-order chi connectivity index (χ0) is 11.1. The Labute approximate surface area is 85.9 Å². The highest BCUT2D eigenvalue weighted by Crippen LogP contribution is 2.18. The van der Waals surface area contributed by atoms with Gasteiger partial charge in [-0.05, 0) is 13.8 Å². The molecular formula is C10H20N4. The zero-order valence-electron chi connectivity index (χ0n) is 9.70. The second-order valence-electron chi connectivity index (χ2n) is 2.58. The number of hydrogen-bond acceptors (Lipinski definition) is 3. The zero-order valence-corrected chi connectivity index (χ0v) is 9.70. The quantitative estimate of drug-likeness (QED) is 0.735. The first-order valence-electron chi connectivity index (χ1n) is 4.91. The number of nitrogens with zero attached hydrogens (tertiary/aromatic N) is 3. The number of aliphatic imine (C=N–C) groups is 1. The van der Waals surface area contributed by atoms with Crippen LogP contribution in [0.1, 0.15) is 32.3 Å². The van der Waals surface area contributed by atoms with Crippen molar-refractivity contribution < 1.29 is 0 Å². The Bertz CT molecular complexity index is 299. The van der Waals surface area contributed by atoms with E-state index in [9.17, 15) is 0 Å². The molecule has 0 fully saturated rings. The Balaban J connectivity index is 0.000000791. The molecule has 0 saturated heterocycles. The average Bonchev–Trinajstić information content (AvgIpc) is 2.49. The summed E-state index contributed by atoms with van der Waals surface area (Å²) in [7, 11) is 1.93. The van der Waals surface area contributed by atoms with Crippen LogP contribution in [0.25, 0.3) is 0 Å². The minimum Gasteiger partial charge on any atom is -0.325 e. The van der Waals surface area contributed by atoms with E-state index in [4.69, 9.17) is 5.73 Å². The molecule has 1 aromatic rings. The van der Waals surface area contributed by atoms with E-state index >= 15 is 0 Å². The Morgan fingerprint density at radius 3 is 2.50 bits per heavy atom. The third kappa shape index (κ3) is 2.67. The van der Waals surface area contributed by atoms with Gasteiger partial charge >= 0.3 is 0 Å². The van der Waals surface area contributed by atoms with Crippen LogP contribution in [-0.4, -0.2) is 15.8 Å². The van der Waals surface area contributed by atoms with Crippen molar-refractivity contribution in [2.75, 3.05) is 0 Å². The average molecular weight is 196 g/mol. The molecule has 4 heteroatoms. The molecule has 0 aromatic carbocycles. The number of aromatic nitrogens is 2. The van der Waals surface area contributed by atoms with Gasteiger partial charge in [0.05, 0.1) is 5.69 Å². The highest BCUT2D eigenvalue weighted by Gasteiger charge is 2.08. The largest absolute Gasteiger partial charge is 0.325 e. The fourth-order valence-electron chi connectivity index (χ4n) is 1.09. The normalized spacial score (nSPS) is 10.1. The number of rotatable bonds is 2. The van der Waals surface area contributed by atoms with Gasteiger partial charge in [-0.2, -0.15) is 0 Å². The van der Waals surface area contributed by atoms with E-state index in [2.05, 4.69) is 9.98 Å². The molecule has 0 aliphatic heterocycles. The van der Waals surface area contributed by atoms with Crippen LogP contribution in [0.15, 0.2) is 4.99 Å². The van der Waals surface area contributed by atoms with Gasteiger partial charge in [-0.1, -0.05) is 13.8 Å². The summed E-state index contributed by atoms with van der Waals surface area (Å²) in [5.74, 6) is 1.80. The third-order valence-electron chi connectivity index (χ3n) is 1.80. The molecule has 0 bridgehead atoms. The summed E-state index contributed by atoms with van der Waals surface area (Å²) in [5, 5.41) is 0. The maximum absolute atomic E-state index is 5.51. The molecular weight excluding hydrogens is 176 g/mol. The van der Waals surface area contributed by atoms with Crippen molar-refractivity contribution in [1.29, 1.82) is 0 Å². The van der Waals surface area contributed by atoms with Gasteiger partial charge in [0, 0.05) is 19.8 Å². The summed E-state index contributed by atoms with van der Waals surface area (Å²) < 4.78 is 1.93. The van der Waals surface area contributed by atoms with Crippen LogP contribution in [0.4, 0.5) is 5.82 Å². The van der Waals surface area contributed by atoms with Gasteiger partial charge in [0.1, 0.15) is 5.82 Å². The SMILES string of the molecule is C/C=N\c1c(CN)nc(C)n1C.CC. The first kappa shape index (κ1) is 12.8. The van der Waals surface area contributed by atoms with E-state index in [0.717, 1.165) is 17.3 Å². The molecule has 0 radical (unpaired) electrons. The topological polar surface area (TPSA) is 56.2 Å². The lowest BCUT2D eigenvalue weighted by atomic mass is 10.4. The van der Waals surface area contributed by atoms with Gasteiger partial charge in [-0.15, -0.1) is 0 Å². The van der Waals surface area contributed by atoms with E-state index in [1.807, 2.05) is 39.3 Å². The summed E-state index contributed by atoms with van der Waals surface area (Å²) in [6.45, 7) is 8.25. The second kappa shape index (κ2) is 6.32. The lowest BCUT2D eigenvalue weighted by Crippen LogP contribution is -1.97. The molecule has 0 aliphatic carbocycles. The van der Waals surface area contributed by atoms with E-state index in [1.165, 1.54) is 0 Å². The molecule has 80 valence electrons. The first-order chi connectivity index (χ1) is 6.70. The van der Waals surface area contributed by atoms with E-state index in [0.29, 0.717) is 6.54 Å². The van der Waals surface area contributed by atoms with Crippen molar-refractivity contribution in [2.24, 2.45) is 17.8 Å². The molecule has 0 amide bonds. The van der Waals surface area contributed by atoms with Crippen molar-refractivity contribution in [3.05, 3.63) is 11.5 Å². The van der Waals surface area contributed by atoms with Crippen LogP contribution in [0.2, 0.25) is 0 Å². The van der Waals surface area contributed by atoms with Crippen LogP contribution in [0.5, 0.6) is 0 Å². The van der Waals surface area contributed by atoms with Crippen molar-refractivity contribution in [2.45, 2.75) is 34.2 Å². The standard InChI is InChI=1S/C8H14N4.C2H6/c1-4-10-8-7(5-9)11-6(2)12(8)3;1-2/h4H,5,9H2,1-3H3;1-2H3/b10-4-;. The van der Waals surface area contributed by atoms with Gasteiger partial charge in [-0.3, -0.25) is 0 Å². The molecule has 1 aromatic heterocycles. The Kier molecular flexibility index (Phi) is 5.79. The van der Waals surface area contributed by atoms with Crippen molar-refractivity contribution in [3.8, 4) is 0 Å². The van der Waals surface area contributed by atoms with E-state index in [-0.39, 0.29) is 0 Å². The Hall–Kier alpha value is -1.16. The highest BCUT2D eigenvalue weighted by atomic mass is 15.1. The molecule has 0 atom stereocenters. The highest BCUT2D eigenvalue weighted by molar-refractivity contribution is 5.60. The molecule has 0 saturated carbocycles. The predicted octanol–water partition coefficient (Wildman–Crippen LogP) is 1.94. The van der Waals surface area contributed by atoms with Crippen molar-refractivity contribution >= 4 is 12.0 Å². The second-order valence-corrected chi connectivity index (χ2v) is 2.58. The van der Waals surface area contributed by atoms with Crippen LogP contribution in [-0.2, 0) is 13.6 Å². The molecule has 0 spiro atoms. The van der Waals surface area contributed by atoms with Gasteiger partial charge < -0.3 is 10.3 Å². The van der Waals surface area contributed by atoms with Gasteiger partial charge in [0.15, 0.2) is 5.82 Å². The Morgan fingerprint density at radius 2 is 2.07 bits per heavy atom. The van der Waals surface area contributed by atoms with E-state index in [1.54, 1.807) is 6.21 Å². The molecule has 4 nitrogen and oxygen atoms in total.